The van der Waals surface area contributed by atoms with Crippen molar-refractivity contribution in [2.45, 2.75) is 32.0 Å². The lowest BCUT2D eigenvalue weighted by molar-refractivity contribution is 0.0812. The third-order valence-electron chi connectivity index (χ3n) is 3.92. The van der Waals surface area contributed by atoms with Gasteiger partial charge in [0.25, 0.3) is 0 Å². The molecule has 1 fully saturated rings. The maximum atomic E-state index is 9.28. The maximum absolute atomic E-state index is 9.28. The topological polar surface area (TPSA) is 62.2 Å². The molecule has 0 radical (unpaired) electrons. The van der Waals surface area contributed by atoms with E-state index in [9.17, 15) is 10.0 Å². The van der Waals surface area contributed by atoms with Crippen LogP contribution in [-0.2, 0) is 11.3 Å². The van der Waals surface area contributed by atoms with Gasteiger partial charge in [-0.25, -0.2) is 0 Å². The highest BCUT2D eigenvalue weighted by molar-refractivity contribution is 6.58. The molecule has 2 N–H and O–H groups in total. The van der Waals surface area contributed by atoms with E-state index in [2.05, 4.69) is 18.9 Å². The van der Waals surface area contributed by atoms with Gasteiger partial charge >= 0.3 is 7.12 Å². The van der Waals surface area contributed by atoms with Crippen LogP contribution >= 0.6 is 0 Å². The Bertz CT molecular complexity index is 455. The zero-order valence-electron chi connectivity index (χ0n) is 12.2. The number of likely N-dealkylation sites (N-methyl/N-ethyl adjacent to an activating group) is 1. The van der Waals surface area contributed by atoms with Gasteiger partial charge in [0.1, 0.15) is 5.75 Å². The predicted molar refractivity (Wildman–Crippen MR) is 78.1 cm³/mol. The van der Waals surface area contributed by atoms with E-state index in [1.54, 1.807) is 25.3 Å². The van der Waals surface area contributed by atoms with E-state index in [4.69, 9.17) is 9.47 Å². The summed E-state index contributed by atoms with van der Waals surface area (Å²) >= 11 is 0. The lowest BCUT2D eigenvalue weighted by Gasteiger charge is -2.27. The fourth-order valence-electron chi connectivity index (χ4n) is 2.77. The van der Waals surface area contributed by atoms with Crippen LogP contribution < -0.4 is 10.2 Å². The molecule has 1 aliphatic rings. The Morgan fingerprint density at radius 3 is 2.75 bits per heavy atom. The third-order valence-corrected chi connectivity index (χ3v) is 3.92. The molecule has 1 aromatic carbocycles. The normalized spacial score (nSPS) is 22.3. The Balaban J connectivity index is 2.16. The van der Waals surface area contributed by atoms with Gasteiger partial charge in [0.2, 0.25) is 0 Å². The molecule has 20 heavy (non-hydrogen) atoms. The van der Waals surface area contributed by atoms with E-state index >= 15 is 0 Å². The van der Waals surface area contributed by atoms with Crippen molar-refractivity contribution in [1.29, 1.82) is 0 Å². The van der Waals surface area contributed by atoms with Crippen LogP contribution in [0.1, 0.15) is 18.9 Å². The summed E-state index contributed by atoms with van der Waals surface area (Å²) in [4.78, 5) is 2.23. The molecule has 2 unspecified atom stereocenters. The van der Waals surface area contributed by atoms with Crippen molar-refractivity contribution in [1.82, 2.24) is 4.90 Å². The molecule has 0 amide bonds. The standard InChI is InChI=1S/C14H22BNO4/c1-10-13(6-7-20-10)16(2)9-11-8-12(15(17)18)4-5-14(11)19-3/h4-5,8,10,13,17-18H,6-7,9H2,1-3H3. The first-order valence-electron chi connectivity index (χ1n) is 6.87. The van der Waals surface area contributed by atoms with Crippen LogP contribution in [0.3, 0.4) is 0 Å². The fourth-order valence-corrected chi connectivity index (χ4v) is 2.77. The Hall–Kier alpha value is -1.08. The van der Waals surface area contributed by atoms with Crippen molar-refractivity contribution in [2.75, 3.05) is 20.8 Å². The van der Waals surface area contributed by atoms with Crippen LogP contribution in [0, 0.1) is 0 Å². The first kappa shape index (κ1) is 15.3. The lowest BCUT2D eigenvalue weighted by atomic mass is 9.79. The van der Waals surface area contributed by atoms with Gasteiger partial charge in [-0.2, -0.15) is 0 Å². The van der Waals surface area contributed by atoms with E-state index in [1.165, 1.54) is 0 Å². The van der Waals surface area contributed by atoms with Crippen LogP contribution in [0.25, 0.3) is 0 Å². The minimum atomic E-state index is -1.46. The predicted octanol–water partition coefficient (Wildman–Crippen LogP) is -0.0158. The molecule has 0 aliphatic carbocycles. The Labute approximate surface area is 120 Å². The Morgan fingerprint density at radius 2 is 2.20 bits per heavy atom. The molecule has 1 saturated heterocycles. The molecule has 110 valence electrons. The van der Waals surface area contributed by atoms with Gasteiger partial charge in [-0.1, -0.05) is 12.1 Å². The first-order valence-corrected chi connectivity index (χ1v) is 6.87. The third kappa shape index (κ3) is 3.33. The van der Waals surface area contributed by atoms with E-state index in [0.29, 0.717) is 18.0 Å². The number of rotatable bonds is 5. The molecule has 1 aliphatic heterocycles. The summed E-state index contributed by atoms with van der Waals surface area (Å²) < 4.78 is 10.9. The highest BCUT2D eigenvalue weighted by Gasteiger charge is 2.28. The number of benzene rings is 1. The molecule has 0 aromatic heterocycles. The second-order valence-electron chi connectivity index (χ2n) is 5.29. The number of hydrogen-bond acceptors (Lipinski definition) is 5. The quantitative estimate of drug-likeness (QED) is 0.742. The molecule has 1 aromatic rings. The molecule has 0 saturated carbocycles. The summed E-state index contributed by atoms with van der Waals surface area (Å²) in [6.45, 7) is 3.56. The van der Waals surface area contributed by atoms with Crippen LogP contribution in [0.2, 0.25) is 0 Å². The van der Waals surface area contributed by atoms with Crippen molar-refractivity contribution in [2.24, 2.45) is 0 Å². The number of nitrogens with zero attached hydrogens (tertiary/aromatic N) is 1. The van der Waals surface area contributed by atoms with Crippen molar-refractivity contribution in [3.63, 3.8) is 0 Å². The molecule has 5 nitrogen and oxygen atoms in total. The SMILES string of the molecule is COc1ccc(B(O)O)cc1CN(C)C1CCOC1C. The number of methoxy groups -OCH3 is 1. The van der Waals surface area contributed by atoms with E-state index in [1.807, 2.05) is 0 Å². The summed E-state index contributed by atoms with van der Waals surface area (Å²) in [5.41, 5.74) is 1.42. The summed E-state index contributed by atoms with van der Waals surface area (Å²) in [5.74, 6) is 0.757. The Morgan fingerprint density at radius 1 is 1.45 bits per heavy atom. The zero-order valence-corrected chi connectivity index (χ0v) is 12.2. The van der Waals surface area contributed by atoms with Crippen LogP contribution in [0.4, 0.5) is 0 Å². The van der Waals surface area contributed by atoms with Gasteiger partial charge in [-0.3, -0.25) is 4.90 Å². The summed E-state index contributed by atoms with van der Waals surface area (Å²) in [7, 11) is 2.21. The minimum Gasteiger partial charge on any atom is -0.496 e. The van der Waals surface area contributed by atoms with Gasteiger partial charge in [-0.15, -0.1) is 0 Å². The van der Waals surface area contributed by atoms with Crippen LogP contribution in [0.5, 0.6) is 5.75 Å². The highest BCUT2D eigenvalue weighted by Crippen LogP contribution is 2.23. The molecule has 2 atom stereocenters. The van der Waals surface area contributed by atoms with Crippen LogP contribution in [0.15, 0.2) is 18.2 Å². The maximum Gasteiger partial charge on any atom is 0.488 e. The average molecular weight is 279 g/mol. The molecule has 0 spiro atoms. The van der Waals surface area contributed by atoms with Crippen molar-refractivity contribution < 1.29 is 19.5 Å². The monoisotopic (exact) mass is 279 g/mol. The molecular weight excluding hydrogens is 257 g/mol. The summed E-state index contributed by atoms with van der Waals surface area (Å²) in [5, 5.41) is 18.6. The van der Waals surface area contributed by atoms with E-state index in [0.717, 1.165) is 24.3 Å². The summed E-state index contributed by atoms with van der Waals surface area (Å²) in [6, 6.07) is 5.59. The smallest absolute Gasteiger partial charge is 0.488 e. The molecule has 1 heterocycles. The lowest BCUT2D eigenvalue weighted by Crippen LogP contribution is -2.37. The largest absolute Gasteiger partial charge is 0.496 e. The molecule has 6 heteroatoms. The highest BCUT2D eigenvalue weighted by atomic mass is 16.5. The van der Waals surface area contributed by atoms with Crippen molar-refractivity contribution >= 4 is 12.6 Å². The van der Waals surface area contributed by atoms with Gasteiger partial charge < -0.3 is 19.5 Å². The molecule has 2 rings (SSSR count). The van der Waals surface area contributed by atoms with Gasteiger partial charge in [0.05, 0.1) is 13.2 Å². The van der Waals surface area contributed by atoms with Crippen molar-refractivity contribution in [3.05, 3.63) is 23.8 Å². The first-order chi connectivity index (χ1) is 9.52. The molecule has 0 bridgehead atoms. The van der Waals surface area contributed by atoms with Crippen molar-refractivity contribution in [3.8, 4) is 5.75 Å². The zero-order chi connectivity index (χ0) is 14.7. The Kier molecular flexibility index (Phi) is 5.04. The number of hydrogen-bond donors (Lipinski definition) is 2. The van der Waals surface area contributed by atoms with Crippen LogP contribution in [-0.4, -0.2) is 55.0 Å². The van der Waals surface area contributed by atoms with Gasteiger partial charge in [0.15, 0.2) is 0 Å². The minimum absolute atomic E-state index is 0.220. The number of ether oxygens (including phenoxy) is 2. The van der Waals surface area contributed by atoms with Gasteiger partial charge in [-0.05, 0) is 31.9 Å². The summed E-state index contributed by atoms with van der Waals surface area (Å²) in [6.07, 6.45) is 1.24. The molecular formula is C14H22BNO4. The van der Waals surface area contributed by atoms with Gasteiger partial charge in [0, 0.05) is 24.8 Å². The van der Waals surface area contributed by atoms with E-state index < -0.39 is 7.12 Å². The average Bonchev–Trinajstić information content (AvgIpc) is 2.84. The second kappa shape index (κ2) is 6.58. The fraction of sp³-hybridized carbons (Fsp3) is 0.571. The van der Waals surface area contributed by atoms with E-state index in [-0.39, 0.29) is 6.10 Å². The second-order valence-corrected chi connectivity index (χ2v) is 5.29.